The Balaban J connectivity index is 1.75. The number of hydrogen-bond acceptors (Lipinski definition) is 2. The molecule has 0 aliphatic carbocycles. The van der Waals surface area contributed by atoms with Crippen LogP contribution in [-0.4, -0.2) is 18.3 Å². The molecule has 1 atom stereocenters. The van der Waals surface area contributed by atoms with Gasteiger partial charge in [0.1, 0.15) is 0 Å². The van der Waals surface area contributed by atoms with Crippen molar-refractivity contribution in [3.05, 3.63) is 28.2 Å². The molecule has 1 aliphatic heterocycles. The van der Waals surface area contributed by atoms with Crippen LogP contribution in [0.1, 0.15) is 25.7 Å². The van der Waals surface area contributed by atoms with Gasteiger partial charge in [-0.15, -0.1) is 11.8 Å². The lowest BCUT2D eigenvalue weighted by atomic mass is 10.0. The minimum atomic E-state index is 0.630. The Bertz CT molecular complexity index is 364. The Kier molecular flexibility index (Phi) is 5.49. The van der Waals surface area contributed by atoms with E-state index >= 15 is 0 Å². The molecule has 1 heterocycles. The predicted molar refractivity (Wildman–Crippen MR) is 77.4 cm³/mol. The Morgan fingerprint density at radius 3 is 2.82 bits per heavy atom. The summed E-state index contributed by atoms with van der Waals surface area (Å²) in [5.74, 6) is 1.13. The summed E-state index contributed by atoms with van der Waals surface area (Å²) in [6, 6.07) is 6.56. The van der Waals surface area contributed by atoms with E-state index in [0.717, 1.165) is 5.75 Å². The molecule has 1 unspecified atom stereocenters. The molecule has 1 N–H and O–H groups in total. The van der Waals surface area contributed by atoms with E-state index in [1.165, 1.54) is 37.1 Å². The van der Waals surface area contributed by atoms with E-state index in [-0.39, 0.29) is 0 Å². The van der Waals surface area contributed by atoms with Crippen molar-refractivity contribution in [2.24, 2.45) is 0 Å². The van der Waals surface area contributed by atoms with Crippen LogP contribution in [0.5, 0.6) is 0 Å². The van der Waals surface area contributed by atoms with Gasteiger partial charge in [-0.25, -0.2) is 0 Å². The maximum atomic E-state index is 5.98. The molecule has 4 heteroatoms. The molecule has 1 aromatic rings. The lowest BCUT2D eigenvalue weighted by Crippen LogP contribution is -2.34. The zero-order valence-corrected chi connectivity index (χ0v) is 12.0. The first-order valence-corrected chi connectivity index (χ1v) is 7.81. The smallest absolute Gasteiger partial charge is 0.0603 e. The molecular weight excluding hydrogens is 273 g/mol. The van der Waals surface area contributed by atoms with Crippen LogP contribution in [0.3, 0.4) is 0 Å². The summed E-state index contributed by atoms with van der Waals surface area (Å²) in [4.78, 5) is 1.20. The summed E-state index contributed by atoms with van der Waals surface area (Å²) in [6.07, 6.45) is 5.25. The molecule has 0 spiro atoms. The SMILES string of the molecule is Clc1ccc(SCCC2CCCCN2)cc1Cl. The molecule has 1 fully saturated rings. The van der Waals surface area contributed by atoms with Crippen molar-refractivity contribution >= 4 is 35.0 Å². The largest absolute Gasteiger partial charge is 0.314 e. The Labute approximate surface area is 117 Å². The lowest BCUT2D eigenvalue weighted by Gasteiger charge is -2.23. The number of hydrogen-bond donors (Lipinski definition) is 1. The average Bonchev–Trinajstić information content (AvgIpc) is 2.35. The van der Waals surface area contributed by atoms with E-state index in [1.54, 1.807) is 0 Å². The maximum absolute atomic E-state index is 5.98. The number of rotatable bonds is 4. The first-order chi connectivity index (χ1) is 8.25. The Morgan fingerprint density at radius 2 is 2.12 bits per heavy atom. The van der Waals surface area contributed by atoms with Crippen molar-refractivity contribution in [1.82, 2.24) is 5.32 Å². The lowest BCUT2D eigenvalue weighted by molar-refractivity contribution is 0.395. The first kappa shape index (κ1) is 13.5. The highest BCUT2D eigenvalue weighted by molar-refractivity contribution is 7.99. The summed E-state index contributed by atoms with van der Waals surface area (Å²) in [5.41, 5.74) is 0. The topological polar surface area (TPSA) is 12.0 Å². The summed E-state index contributed by atoms with van der Waals surface area (Å²) >= 11 is 13.7. The van der Waals surface area contributed by atoms with Gasteiger partial charge in [0.15, 0.2) is 0 Å². The van der Waals surface area contributed by atoms with Crippen LogP contribution >= 0.6 is 35.0 Å². The summed E-state index contributed by atoms with van der Waals surface area (Å²) in [6.45, 7) is 1.18. The molecule has 17 heavy (non-hydrogen) atoms. The molecule has 0 radical (unpaired) electrons. The fraction of sp³-hybridized carbons (Fsp3) is 0.538. The minimum Gasteiger partial charge on any atom is -0.314 e. The van der Waals surface area contributed by atoms with Crippen molar-refractivity contribution in [3.63, 3.8) is 0 Å². The third kappa shape index (κ3) is 4.36. The van der Waals surface area contributed by atoms with Gasteiger partial charge in [0, 0.05) is 10.9 Å². The molecule has 1 saturated heterocycles. The monoisotopic (exact) mass is 289 g/mol. The van der Waals surface area contributed by atoms with Crippen molar-refractivity contribution in [3.8, 4) is 0 Å². The van der Waals surface area contributed by atoms with Gasteiger partial charge in [0.2, 0.25) is 0 Å². The second-order valence-corrected chi connectivity index (χ2v) is 6.34. The van der Waals surface area contributed by atoms with Gasteiger partial charge in [-0.1, -0.05) is 29.6 Å². The zero-order valence-electron chi connectivity index (χ0n) is 9.72. The summed E-state index contributed by atoms with van der Waals surface area (Å²) in [7, 11) is 0. The number of piperidine rings is 1. The predicted octanol–water partition coefficient (Wildman–Crippen LogP) is 4.62. The van der Waals surface area contributed by atoms with Gasteiger partial charge in [-0.05, 0) is 49.8 Å². The summed E-state index contributed by atoms with van der Waals surface area (Å²) in [5, 5.41) is 4.84. The van der Waals surface area contributed by atoms with Gasteiger partial charge in [0.05, 0.1) is 10.0 Å². The van der Waals surface area contributed by atoms with Crippen molar-refractivity contribution in [2.75, 3.05) is 12.3 Å². The van der Waals surface area contributed by atoms with Crippen LogP contribution in [-0.2, 0) is 0 Å². The van der Waals surface area contributed by atoms with Gasteiger partial charge in [-0.3, -0.25) is 0 Å². The number of halogens is 2. The molecular formula is C13H17Cl2NS. The first-order valence-electron chi connectivity index (χ1n) is 6.07. The maximum Gasteiger partial charge on any atom is 0.0603 e. The Morgan fingerprint density at radius 1 is 1.24 bits per heavy atom. The molecule has 1 aromatic carbocycles. The van der Waals surface area contributed by atoms with Crippen LogP contribution in [0.4, 0.5) is 0 Å². The third-order valence-electron chi connectivity index (χ3n) is 3.04. The third-order valence-corrected chi connectivity index (χ3v) is 4.80. The van der Waals surface area contributed by atoms with E-state index in [1.807, 2.05) is 30.0 Å². The zero-order chi connectivity index (χ0) is 12.1. The average molecular weight is 290 g/mol. The molecule has 2 rings (SSSR count). The second kappa shape index (κ2) is 6.89. The highest BCUT2D eigenvalue weighted by Gasteiger charge is 2.11. The van der Waals surface area contributed by atoms with E-state index in [4.69, 9.17) is 23.2 Å². The molecule has 0 amide bonds. The summed E-state index contributed by atoms with van der Waals surface area (Å²) < 4.78 is 0. The Hall–Kier alpha value is 0.110. The van der Waals surface area contributed by atoms with Crippen molar-refractivity contribution in [2.45, 2.75) is 36.6 Å². The van der Waals surface area contributed by atoms with Crippen LogP contribution in [0.2, 0.25) is 10.0 Å². The van der Waals surface area contributed by atoms with Crippen molar-refractivity contribution < 1.29 is 0 Å². The fourth-order valence-corrected chi connectivity index (χ4v) is 3.42. The minimum absolute atomic E-state index is 0.630. The normalized spacial score (nSPS) is 20.5. The number of benzene rings is 1. The van der Waals surface area contributed by atoms with E-state index < -0.39 is 0 Å². The standard InChI is InChI=1S/C13H17Cl2NS/c14-12-5-4-11(9-13(12)15)17-8-6-10-3-1-2-7-16-10/h4-5,9-10,16H,1-3,6-8H2. The van der Waals surface area contributed by atoms with Crippen LogP contribution in [0.15, 0.2) is 23.1 Å². The van der Waals surface area contributed by atoms with Crippen molar-refractivity contribution in [1.29, 1.82) is 0 Å². The van der Waals surface area contributed by atoms with Crippen LogP contribution in [0, 0.1) is 0 Å². The molecule has 1 nitrogen and oxygen atoms in total. The van der Waals surface area contributed by atoms with E-state index in [2.05, 4.69) is 5.32 Å². The molecule has 0 aromatic heterocycles. The van der Waals surface area contributed by atoms with Gasteiger partial charge < -0.3 is 5.32 Å². The van der Waals surface area contributed by atoms with E-state index in [0.29, 0.717) is 16.1 Å². The van der Waals surface area contributed by atoms with Gasteiger partial charge >= 0.3 is 0 Å². The fourth-order valence-electron chi connectivity index (χ4n) is 2.06. The quantitative estimate of drug-likeness (QED) is 0.812. The highest BCUT2D eigenvalue weighted by Crippen LogP contribution is 2.28. The van der Waals surface area contributed by atoms with Gasteiger partial charge in [-0.2, -0.15) is 0 Å². The molecule has 0 saturated carbocycles. The number of thioether (sulfide) groups is 1. The molecule has 0 bridgehead atoms. The van der Waals surface area contributed by atoms with Crippen LogP contribution < -0.4 is 5.32 Å². The highest BCUT2D eigenvalue weighted by atomic mass is 35.5. The second-order valence-electron chi connectivity index (χ2n) is 4.36. The van der Waals surface area contributed by atoms with Crippen LogP contribution in [0.25, 0.3) is 0 Å². The van der Waals surface area contributed by atoms with E-state index in [9.17, 15) is 0 Å². The number of nitrogens with one attached hydrogen (secondary N) is 1. The van der Waals surface area contributed by atoms with Gasteiger partial charge in [0.25, 0.3) is 0 Å². The molecule has 94 valence electrons. The molecule has 1 aliphatic rings.